The van der Waals surface area contributed by atoms with Crippen molar-refractivity contribution in [2.24, 2.45) is 18.5 Å². The SMILES string of the molecule is COCCn1ncc(-c2ccc(-c3cnc(C(=O)Nc4ccc(C(=O)N5CCN(C(=O)CCC[N+](CCCCN)(CCCCN)CC(=O)O)CC5C)c(Cl)c4)n3C)c(F)c2F)c1C. The Bertz CT molecular complexity index is 2240. The summed E-state index contributed by atoms with van der Waals surface area (Å²) in [4.78, 5) is 60.0. The number of benzene rings is 2. The number of imidazole rings is 1. The van der Waals surface area contributed by atoms with Gasteiger partial charge in [-0.05, 0) is 76.9 Å². The molecule has 1 atom stereocenters. The molecule has 1 aliphatic heterocycles. The Morgan fingerprint density at radius 2 is 1.62 bits per heavy atom. The summed E-state index contributed by atoms with van der Waals surface area (Å²) in [5.74, 6) is -4.13. The maximum atomic E-state index is 15.6. The number of amides is 3. The molecule has 1 aliphatic rings. The number of methoxy groups -OCH3 is 1. The van der Waals surface area contributed by atoms with Gasteiger partial charge < -0.3 is 45.5 Å². The molecule has 19 heteroatoms. The lowest BCUT2D eigenvalue weighted by Gasteiger charge is -2.40. The molecular formula is C44H60ClF2N10O6+. The van der Waals surface area contributed by atoms with Crippen LogP contribution in [-0.4, -0.2) is 141 Å². The predicted octanol–water partition coefficient (Wildman–Crippen LogP) is 4.92. The molecule has 0 radical (unpaired) electrons. The van der Waals surface area contributed by atoms with Crippen LogP contribution in [0.3, 0.4) is 0 Å². The van der Waals surface area contributed by atoms with E-state index in [1.807, 2.05) is 6.92 Å². The van der Waals surface area contributed by atoms with Crippen molar-refractivity contribution in [2.75, 3.05) is 77.9 Å². The number of nitrogens with zero attached hydrogens (tertiary/aromatic N) is 7. The lowest BCUT2D eigenvalue weighted by atomic mass is 10.0. The van der Waals surface area contributed by atoms with Crippen LogP contribution >= 0.6 is 11.6 Å². The van der Waals surface area contributed by atoms with Crippen LogP contribution in [0.15, 0.2) is 42.7 Å². The number of quaternary nitrogens is 1. The fourth-order valence-corrected chi connectivity index (χ4v) is 8.56. The second-order valence-electron chi connectivity index (χ2n) is 16.2. The number of carbonyl (C=O) groups is 4. The van der Waals surface area contributed by atoms with Crippen LogP contribution in [0, 0.1) is 18.6 Å². The molecule has 1 fully saturated rings. The van der Waals surface area contributed by atoms with Crippen LogP contribution < -0.4 is 16.8 Å². The highest BCUT2D eigenvalue weighted by atomic mass is 35.5. The van der Waals surface area contributed by atoms with Crippen LogP contribution in [-0.2, 0) is 27.9 Å². The van der Waals surface area contributed by atoms with Gasteiger partial charge in [-0.1, -0.05) is 17.7 Å². The van der Waals surface area contributed by atoms with Crippen molar-refractivity contribution in [1.29, 1.82) is 0 Å². The van der Waals surface area contributed by atoms with Crippen molar-refractivity contribution in [2.45, 2.75) is 65.0 Å². The zero-order valence-corrected chi connectivity index (χ0v) is 37.3. The number of piperazine rings is 1. The number of halogens is 3. The normalized spacial score (nSPS) is 14.3. The zero-order chi connectivity index (χ0) is 45.8. The van der Waals surface area contributed by atoms with Crippen molar-refractivity contribution in [3.8, 4) is 22.4 Å². The van der Waals surface area contributed by atoms with E-state index in [1.54, 1.807) is 28.5 Å². The summed E-state index contributed by atoms with van der Waals surface area (Å²) >= 11 is 6.62. The van der Waals surface area contributed by atoms with Crippen molar-refractivity contribution in [1.82, 2.24) is 29.1 Å². The topological polar surface area (TPSA) is 204 Å². The third-order valence-corrected chi connectivity index (χ3v) is 12.1. The highest BCUT2D eigenvalue weighted by Gasteiger charge is 2.33. The van der Waals surface area contributed by atoms with Crippen molar-refractivity contribution >= 4 is 41.0 Å². The zero-order valence-electron chi connectivity index (χ0n) is 36.5. The number of aromatic nitrogens is 4. The first-order valence-electron chi connectivity index (χ1n) is 21.3. The number of unbranched alkanes of at least 4 members (excludes halogenated alkanes) is 2. The Hall–Kier alpha value is -5.27. The Morgan fingerprint density at radius 1 is 0.952 bits per heavy atom. The Kier molecular flexibility index (Phi) is 17.3. The maximum absolute atomic E-state index is 15.6. The number of rotatable bonds is 22. The summed E-state index contributed by atoms with van der Waals surface area (Å²) in [7, 11) is 3.08. The second-order valence-corrected chi connectivity index (χ2v) is 16.6. The number of carboxylic acid groups (broad SMARTS) is 1. The lowest BCUT2D eigenvalue weighted by molar-refractivity contribution is -0.922. The summed E-state index contributed by atoms with van der Waals surface area (Å²) in [5.41, 5.74) is 13.2. The van der Waals surface area contributed by atoms with Crippen molar-refractivity contribution in [3.05, 3.63) is 76.5 Å². The highest BCUT2D eigenvalue weighted by Crippen LogP contribution is 2.33. The fourth-order valence-electron chi connectivity index (χ4n) is 8.30. The summed E-state index contributed by atoms with van der Waals surface area (Å²) in [6.07, 6.45) is 6.76. The van der Waals surface area contributed by atoms with Gasteiger partial charge in [0.2, 0.25) is 5.91 Å². The first-order chi connectivity index (χ1) is 30.1. The number of nitrogens with two attached hydrogens (primary N) is 2. The van der Waals surface area contributed by atoms with Gasteiger partial charge >= 0.3 is 5.97 Å². The molecule has 2 aromatic heterocycles. The van der Waals surface area contributed by atoms with Crippen LogP contribution in [0.1, 0.15) is 72.1 Å². The molecule has 4 aromatic rings. The highest BCUT2D eigenvalue weighted by molar-refractivity contribution is 6.34. The van der Waals surface area contributed by atoms with E-state index in [2.05, 4.69) is 15.4 Å². The lowest BCUT2D eigenvalue weighted by Crippen LogP contribution is -2.56. The smallest absolute Gasteiger partial charge is 0.359 e. The van der Waals surface area contributed by atoms with E-state index in [0.29, 0.717) is 81.1 Å². The average molecular weight is 898 g/mol. The molecule has 0 spiro atoms. The minimum Gasteiger partial charge on any atom is -0.477 e. The van der Waals surface area contributed by atoms with Crippen LogP contribution in [0.4, 0.5) is 14.5 Å². The Balaban J connectivity index is 1.18. The Morgan fingerprint density at radius 3 is 2.25 bits per heavy atom. The molecule has 1 unspecified atom stereocenters. The third-order valence-electron chi connectivity index (χ3n) is 11.8. The molecule has 0 saturated carbocycles. The fraction of sp³-hybridized carbons (Fsp3) is 0.500. The van der Waals surface area contributed by atoms with Gasteiger partial charge in [-0.2, -0.15) is 5.10 Å². The summed E-state index contributed by atoms with van der Waals surface area (Å²) in [6.45, 7) is 8.38. The van der Waals surface area contributed by atoms with Gasteiger partial charge in [0.1, 0.15) is 0 Å². The molecule has 342 valence electrons. The molecule has 5 rings (SSSR count). The monoisotopic (exact) mass is 897 g/mol. The van der Waals surface area contributed by atoms with Crippen LogP contribution in [0.25, 0.3) is 22.4 Å². The molecule has 0 bridgehead atoms. The molecule has 3 heterocycles. The minimum absolute atomic E-state index is 0.0184. The predicted molar refractivity (Wildman–Crippen MR) is 236 cm³/mol. The van der Waals surface area contributed by atoms with Gasteiger partial charge in [-0.3, -0.25) is 19.1 Å². The van der Waals surface area contributed by atoms with E-state index >= 15 is 8.78 Å². The maximum Gasteiger partial charge on any atom is 0.359 e. The molecule has 2 aromatic carbocycles. The standard InChI is InChI=1S/C44H59ClF2N10O6/c1-29-27-54(38(58)10-9-22-57(28-39(59)60,20-7-5-15-48)21-8-6-16-49)17-18-55(29)44(62)33-12-11-31(24-36(33)45)52-43(61)42-50-26-37(53(42)3)34-14-13-32(40(46)41(34)47)35-25-51-56(30(35)2)19-23-63-4/h11-14,24-26,29H,5-10,15-23,27-28,48-49H2,1-4H3,(H-,52,59,60,61,62)/p+1. The van der Waals surface area contributed by atoms with E-state index in [0.717, 1.165) is 25.7 Å². The molecule has 6 N–H and O–H groups in total. The Labute approximate surface area is 371 Å². The molecule has 3 amide bonds. The van der Waals surface area contributed by atoms with E-state index < -0.39 is 23.5 Å². The van der Waals surface area contributed by atoms with Crippen molar-refractivity contribution < 1.29 is 42.3 Å². The van der Waals surface area contributed by atoms with Gasteiger partial charge in [0, 0.05) is 80.7 Å². The van der Waals surface area contributed by atoms with Crippen LogP contribution in [0.5, 0.6) is 0 Å². The molecular weight excluding hydrogens is 838 g/mol. The van der Waals surface area contributed by atoms with Gasteiger partial charge in [0.25, 0.3) is 11.8 Å². The van der Waals surface area contributed by atoms with E-state index in [9.17, 15) is 24.3 Å². The number of anilines is 1. The van der Waals surface area contributed by atoms with E-state index in [1.165, 1.54) is 54.3 Å². The summed E-state index contributed by atoms with van der Waals surface area (Å²) < 4.78 is 39.6. The largest absolute Gasteiger partial charge is 0.477 e. The number of ether oxygens (including phenoxy) is 1. The number of carboxylic acids is 1. The number of nitrogens with one attached hydrogen (secondary N) is 1. The summed E-state index contributed by atoms with van der Waals surface area (Å²) in [5, 5.41) is 16.8. The number of carbonyl (C=O) groups excluding carboxylic acids is 3. The molecule has 0 aliphatic carbocycles. The van der Waals surface area contributed by atoms with Gasteiger partial charge in [0.05, 0.1) is 61.5 Å². The van der Waals surface area contributed by atoms with Gasteiger partial charge in [-0.15, -0.1) is 0 Å². The second kappa shape index (κ2) is 22.4. The first kappa shape index (κ1) is 48.8. The van der Waals surface area contributed by atoms with E-state index in [-0.39, 0.29) is 76.3 Å². The molecule has 1 saturated heterocycles. The number of hydrogen-bond acceptors (Lipinski definition) is 9. The average Bonchev–Trinajstić information content (AvgIpc) is 3.81. The quantitative estimate of drug-likeness (QED) is 0.0620. The van der Waals surface area contributed by atoms with Crippen LogP contribution in [0.2, 0.25) is 5.02 Å². The van der Waals surface area contributed by atoms with Gasteiger partial charge in [-0.25, -0.2) is 18.6 Å². The first-order valence-corrected chi connectivity index (χ1v) is 21.7. The molecule has 16 nitrogen and oxygen atoms in total. The third kappa shape index (κ3) is 11.9. The summed E-state index contributed by atoms with van der Waals surface area (Å²) in [6, 6.07) is 7.08. The molecule has 63 heavy (non-hydrogen) atoms. The van der Waals surface area contributed by atoms with Gasteiger partial charge in [0.15, 0.2) is 24.0 Å². The number of hydrogen-bond donors (Lipinski definition) is 4. The minimum atomic E-state index is -1.10. The van der Waals surface area contributed by atoms with Crippen molar-refractivity contribution in [3.63, 3.8) is 0 Å². The van der Waals surface area contributed by atoms with E-state index in [4.69, 9.17) is 27.8 Å². The number of aliphatic carboxylic acids is 1.